The maximum absolute atomic E-state index is 10.3. The lowest BCUT2D eigenvalue weighted by Gasteiger charge is -1.91. The molecule has 2 N–H and O–H groups in total. The molecule has 72 valence electrons. The van der Waals surface area contributed by atoms with E-state index in [9.17, 15) is 4.79 Å². The molecule has 1 aromatic heterocycles. The summed E-state index contributed by atoms with van der Waals surface area (Å²) in [4.78, 5) is 13.1. The zero-order valence-electron chi connectivity index (χ0n) is 7.57. The molecular formula is C10H9NO3. The van der Waals surface area contributed by atoms with Crippen LogP contribution >= 0.6 is 0 Å². The Balaban J connectivity index is 2.46. The Morgan fingerprint density at radius 3 is 2.93 bits per heavy atom. The molecule has 0 saturated carbocycles. The van der Waals surface area contributed by atoms with Gasteiger partial charge in [-0.3, -0.25) is 0 Å². The van der Waals surface area contributed by atoms with Crippen molar-refractivity contribution in [2.45, 2.75) is 6.92 Å². The van der Waals surface area contributed by atoms with Crippen molar-refractivity contribution >= 4 is 17.1 Å². The maximum Gasteiger partial charge on any atom is 0.512 e. The molecule has 0 unspecified atom stereocenters. The summed E-state index contributed by atoms with van der Waals surface area (Å²) >= 11 is 0. The molecule has 1 heterocycles. The first kappa shape index (κ1) is 8.62. The fraction of sp³-hybridized carbons (Fsp3) is 0.100. The molecule has 0 spiro atoms. The van der Waals surface area contributed by atoms with E-state index >= 15 is 0 Å². The number of nitrogens with one attached hydrogen (secondary N) is 1. The van der Waals surface area contributed by atoms with Gasteiger partial charge >= 0.3 is 6.16 Å². The van der Waals surface area contributed by atoms with E-state index in [-0.39, 0.29) is 5.88 Å². The number of benzene rings is 1. The number of aromatic amines is 1. The van der Waals surface area contributed by atoms with Crippen LogP contribution in [0.4, 0.5) is 4.79 Å². The molecule has 0 radical (unpaired) electrons. The van der Waals surface area contributed by atoms with Gasteiger partial charge in [-0.25, -0.2) is 4.79 Å². The van der Waals surface area contributed by atoms with Gasteiger partial charge in [-0.1, -0.05) is 11.6 Å². The molecular weight excluding hydrogens is 182 g/mol. The quantitative estimate of drug-likeness (QED) is 0.681. The van der Waals surface area contributed by atoms with Gasteiger partial charge in [-0.2, -0.15) is 0 Å². The minimum atomic E-state index is -1.31. The van der Waals surface area contributed by atoms with Crippen LogP contribution in [0, 0.1) is 6.92 Å². The van der Waals surface area contributed by atoms with Crippen LogP contribution in [0.3, 0.4) is 0 Å². The standard InChI is InChI=1S/C10H9NO3/c1-6-2-3-8-7(4-6)5-9(11-8)14-10(12)13/h2-5,11H,1H3,(H,12,13). The van der Waals surface area contributed by atoms with Crippen molar-refractivity contribution in [3.05, 3.63) is 29.8 Å². The lowest BCUT2D eigenvalue weighted by Crippen LogP contribution is -2.02. The zero-order valence-corrected chi connectivity index (χ0v) is 7.57. The fourth-order valence-corrected chi connectivity index (χ4v) is 1.37. The molecule has 0 aliphatic heterocycles. The van der Waals surface area contributed by atoms with Crippen molar-refractivity contribution in [3.63, 3.8) is 0 Å². The minimum Gasteiger partial charge on any atom is -0.449 e. The molecule has 0 fully saturated rings. The molecule has 0 atom stereocenters. The zero-order chi connectivity index (χ0) is 10.1. The van der Waals surface area contributed by atoms with Gasteiger partial charge < -0.3 is 14.8 Å². The first-order chi connectivity index (χ1) is 6.65. The number of carbonyl (C=O) groups is 1. The highest BCUT2D eigenvalue weighted by Crippen LogP contribution is 2.21. The Morgan fingerprint density at radius 2 is 2.21 bits per heavy atom. The lowest BCUT2D eigenvalue weighted by atomic mass is 10.2. The number of hydrogen-bond donors (Lipinski definition) is 2. The number of aromatic nitrogens is 1. The third-order valence-corrected chi connectivity index (χ3v) is 1.95. The highest BCUT2D eigenvalue weighted by Gasteiger charge is 2.04. The Kier molecular flexibility index (Phi) is 1.89. The topological polar surface area (TPSA) is 62.3 Å². The number of hydrogen-bond acceptors (Lipinski definition) is 2. The average molecular weight is 191 g/mol. The number of fused-ring (bicyclic) bond motifs is 1. The lowest BCUT2D eigenvalue weighted by molar-refractivity contribution is 0.143. The highest BCUT2D eigenvalue weighted by atomic mass is 16.7. The van der Waals surface area contributed by atoms with Gasteiger partial charge in [0.25, 0.3) is 0 Å². The maximum atomic E-state index is 10.3. The molecule has 2 aromatic rings. The summed E-state index contributed by atoms with van der Waals surface area (Å²) in [6, 6.07) is 7.46. The molecule has 0 amide bonds. The van der Waals surface area contributed by atoms with Gasteiger partial charge in [-0.15, -0.1) is 0 Å². The predicted octanol–water partition coefficient (Wildman–Crippen LogP) is 2.53. The monoisotopic (exact) mass is 191 g/mol. The minimum absolute atomic E-state index is 0.248. The van der Waals surface area contributed by atoms with Crippen molar-refractivity contribution in [1.82, 2.24) is 4.98 Å². The number of ether oxygens (including phenoxy) is 1. The van der Waals surface area contributed by atoms with Crippen LogP contribution in [-0.2, 0) is 0 Å². The van der Waals surface area contributed by atoms with Crippen molar-refractivity contribution in [1.29, 1.82) is 0 Å². The number of rotatable bonds is 1. The van der Waals surface area contributed by atoms with Gasteiger partial charge in [0.15, 0.2) is 0 Å². The van der Waals surface area contributed by atoms with Crippen LogP contribution in [0.2, 0.25) is 0 Å². The van der Waals surface area contributed by atoms with E-state index < -0.39 is 6.16 Å². The molecule has 1 aromatic carbocycles. The van der Waals surface area contributed by atoms with Crippen LogP contribution in [-0.4, -0.2) is 16.2 Å². The summed E-state index contributed by atoms with van der Waals surface area (Å²) in [5.41, 5.74) is 1.99. The molecule has 4 heteroatoms. The van der Waals surface area contributed by atoms with E-state index in [1.54, 1.807) is 6.07 Å². The Bertz CT molecular complexity index is 487. The molecule has 0 aliphatic rings. The number of carboxylic acid groups (broad SMARTS) is 1. The average Bonchev–Trinajstić information content (AvgIpc) is 2.44. The summed E-state index contributed by atoms with van der Waals surface area (Å²) in [5, 5.41) is 9.35. The van der Waals surface area contributed by atoms with Crippen molar-refractivity contribution in [3.8, 4) is 5.88 Å². The van der Waals surface area contributed by atoms with Gasteiger partial charge in [0.2, 0.25) is 5.88 Å². The summed E-state index contributed by atoms with van der Waals surface area (Å²) in [6.07, 6.45) is -1.31. The van der Waals surface area contributed by atoms with Crippen LogP contribution in [0.25, 0.3) is 10.9 Å². The van der Waals surface area contributed by atoms with Crippen LogP contribution < -0.4 is 4.74 Å². The van der Waals surface area contributed by atoms with Gasteiger partial charge in [0.05, 0.1) is 0 Å². The van der Waals surface area contributed by atoms with Gasteiger partial charge in [0.1, 0.15) is 0 Å². The van der Waals surface area contributed by atoms with Gasteiger partial charge in [0, 0.05) is 17.0 Å². The third kappa shape index (κ3) is 1.54. The predicted molar refractivity (Wildman–Crippen MR) is 51.7 cm³/mol. The summed E-state index contributed by atoms with van der Waals surface area (Å²) in [6.45, 7) is 1.98. The van der Waals surface area contributed by atoms with E-state index in [2.05, 4.69) is 9.72 Å². The summed E-state index contributed by atoms with van der Waals surface area (Å²) < 4.78 is 4.50. The second-order valence-electron chi connectivity index (χ2n) is 3.09. The molecule has 0 aliphatic carbocycles. The fourth-order valence-electron chi connectivity index (χ4n) is 1.37. The third-order valence-electron chi connectivity index (χ3n) is 1.95. The molecule has 0 bridgehead atoms. The molecule has 0 saturated heterocycles. The Morgan fingerprint density at radius 1 is 1.43 bits per heavy atom. The van der Waals surface area contributed by atoms with E-state index in [0.29, 0.717) is 0 Å². The molecule has 2 rings (SSSR count). The number of H-pyrrole nitrogens is 1. The van der Waals surface area contributed by atoms with Crippen molar-refractivity contribution in [2.24, 2.45) is 0 Å². The normalized spacial score (nSPS) is 10.4. The SMILES string of the molecule is Cc1ccc2[nH]c(OC(=O)O)cc2c1. The smallest absolute Gasteiger partial charge is 0.449 e. The largest absolute Gasteiger partial charge is 0.512 e. The van der Waals surface area contributed by atoms with Crippen LogP contribution in [0.15, 0.2) is 24.3 Å². The van der Waals surface area contributed by atoms with Crippen molar-refractivity contribution < 1.29 is 14.6 Å². The van der Waals surface area contributed by atoms with Crippen molar-refractivity contribution in [2.75, 3.05) is 0 Å². The Labute approximate surface area is 80.1 Å². The molecule has 4 nitrogen and oxygen atoms in total. The van der Waals surface area contributed by atoms with Crippen LogP contribution in [0.1, 0.15) is 5.56 Å². The first-order valence-electron chi connectivity index (χ1n) is 4.15. The van der Waals surface area contributed by atoms with E-state index in [0.717, 1.165) is 16.5 Å². The molecule has 14 heavy (non-hydrogen) atoms. The van der Waals surface area contributed by atoms with E-state index in [1.807, 2.05) is 25.1 Å². The first-order valence-corrected chi connectivity index (χ1v) is 4.15. The Hall–Kier alpha value is -1.97. The van der Waals surface area contributed by atoms with Crippen LogP contribution in [0.5, 0.6) is 5.88 Å². The van der Waals surface area contributed by atoms with E-state index in [4.69, 9.17) is 5.11 Å². The summed E-state index contributed by atoms with van der Waals surface area (Å²) in [7, 11) is 0. The van der Waals surface area contributed by atoms with E-state index in [1.165, 1.54) is 0 Å². The number of aryl methyl sites for hydroxylation is 1. The second kappa shape index (κ2) is 3.06. The second-order valence-corrected chi connectivity index (χ2v) is 3.09. The highest BCUT2D eigenvalue weighted by molar-refractivity contribution is 5.82. The summed E-state index contributed by atoms with van der Waals surface area (Å²) in [5.74, 6) is 0.248. The van der Waals surface area contributed by atoms with Gasteiger partial charge in [-0.05, 0) is 19.1 Å².